The zero-order valence-electron chi connectivity index (χ0n) is 10.4. The fourth-order valence-electron chi connectivity index (χ4n) is 1.95. The molecule has 2 nitrogen and oxygen atoms in total. The lowest BCUT2D eigenvalue weighted by Crippen LogP contribution is -2.05. The molecule has 2 aromatic rings. The van der Waals surface area contributed by atoms with Gasteiger partial charge < -0.3 is 9.84 Å². The first-order valence-electron chi connectivity index (χ1n) is 5.86. The van der Waals surface area contributed by atoms with E-state index in [1.807, 2.05) is 0 Å². The van der Waals surface area contributed by atoms with E-state index >= 15 is 0 Å². The maximum absolute atomic E-state index is 13.6. The van der Waals surface area contributed by atoms with Gasteiger partial charge >= 0.3 is 0 Å². The van der Waals surface area contributed by atoms with Gasteiger partial charge in [0.05, 0.1) is 13.2 Å². The van der Waals surface area contributed by atoms with Crippen LogP contribution < -0.4 is 4.74 Å². The molecule has 0 saturated heterocycles. The van der Waals surface area contributed by atoms with Crippen LogP contribution >= 0.6 is 11.6 Å². The van der Waals surface area contributed by atoms with E-state index < -0.39 is 6.10 Å². The zero-order chi connectivity index (χ0) is 13.8. The molecule has 0 saturated carbocycles. The third kappa shape index (κ3) is 3.25. The predicted octanol–water partition coefficient (Wildman–Crippen LogP) is 3.76. The second-order valence-corrected chi connectivity index (χ2v) is 4.63. The van der Waals surface area contributed by atoms with Crippen LogP contribution in [0, 0.1) is 5.82 Å². The van der Waals surface area contributed by atoms with E-state index in [0.29, 0.717) is 21.9 Å². The SMILES string of the molecule is COc1ccc(Cl)cc1C(O)Cc1ccccc1F. The number of hydrogen-bond acceptors (Lipinski definition) is 2. The molecule has 0 aromatic heterocycles. The third-order valence-electron chi connectivity index (χ3n) is 2.92. The summed E-state index contributed by atoms with van der Waals surface area (Å²) in [5.74, 6) is 0.204. The molecule has 0 heterocycles. The molecular formula is C15H14ClFO2. The van der Waals surface area contributed by atoms with E-state index in [1.54, 1.807) is 36.4 Å². The molecule has 1 unspecified atom stereocenters. The summed E-state index contributed by atoms with van der Waals surface area (Å²) in [4.78, 5) is 0. The van der Waals surface area contributed by atoms with Gasteiger partial charge in [0.1, 0.15) is 11.6 Å². The van der Waals surface area contributed by atoms with Gasteiger partial charge in [-0.15, -0.1) is 0 Å². The Bertz CT molecular complexity index is 572. The zero-order valence-corrected chi connectivity index (χ0v) is 11.2. The van der Waals surface area contributed by atoms with Crippen LogP contribution in [0.1, 0.15) is 17.2 Å². The van der Waals surface area contributed by atoms with E-state index in [-0.39, 0.29) is 12.2 Å². The van der Waals surface area contributed by atoms with Crippen LogP contribution in [0.4, 0.5) is 4.39 Å². The lowest BCUT2D eigenvalue weighted by molar-refractivity contribution is 0.172. The average molecular weight is 281 g/mol. The number of methoxy groups -OCH3 is 1. The molecule has 1 N–H and O–H groups in total. The standard InChI is InChI=1S/C15H14ClFO2/c1-19-15-7-6-11(16)9-12(15)14(18)8-10-4-2-3-5-13(10)17/h2-7,9,14,18H,8H2,1H3. The Kier molecular flexibility index (Phi) is 4.40. The van der Waals surface area contributed by atoms with Gasteiger partial charge in [0.2, 0.25) is 0 Å². The maximum atomic E-state index is 13.6. The molecule has 19 heavy (non-hydrogen) atoms. The van der Waals surface area contributed by atoms with Crippen LogP contribution in [0.25, 0.3) is 0 Å². The number of hydrogen-bond donors (Lipinski definition) is 1. The van der Waals surface area contributed by atoms with Gasteiger partial charge in [0.25, 0.3) is 0 Å². The molecule has 2 rings (SSSR count). The van der Waals surface area contributed by atoms with Gasteiger partial charge in [-0.3, -0.25) is 0 Å². The van der Waals surface area contributed by atoms with Crippen molar-refractivity contribution in [2.45, 2.75) is 12.5 Å². The van der Waals surface area contributed by atoms with Gasteiger partial charge in [-0.2, -0.15) is 0 Å². The summed E-state index contributed by atoms with van der Waals surface area (Å²) in [6, 6.07) is 11.4. The molecule has 0 fully saturated rings. The Balaban J connectivity index is 2.27. The highest BCUT2D eigenvalue weighted by Crippen LogP contribution is 2.30. The molecule has 4 heteroatoms. The van der Waals surface area contributed by atoms with Crippen molar-refractivity contribution in [2.24, 2.45) is 0 Å². The van der Waals surface area contributed by atoms with E-state index in [9.17, 15) is 9.50 Å². The first-order valence-corrected chi connectivity index (χ1v) is 6.24. The van der Waals surface area contributed by atoms with Gasteiger partial charge in [-0.05, 0) is 29.8 Å². The Labute approximate surface area is 116 Å². The Morgan fingerprint density at radius 2 is 2.00 bits per heavy atom. The van der Waals surface area contributed by atoms with E-state index in [0.717, 1.165) is 0 Å². The fourth-order valence-corrected chi connectivity index (χ4v) is 2.13. The first-order chi connectivity index (χ1) is 9.11. The topological polar surface area (TPSA) is 29.5 Å². The summed E-state index contributed by atoms with van der Waals surface area (Å²) in [7, 11) is 1.52. The number of halogens is 2. The van der Waals surface area contributed by atoms with Crippen molar-refractivity contribution in [3.8, 4) is 5.75 Å². The molecular weight excluding hydrogens is 267 g/mol. The van der Waals surface area contributed by atoms with Gasteiger partial charge in [-0.25, -0.2) is 4.39 Å². The van der Waals surface area contributed by atoms with Crippen molar-refractivity contribution < 1.29 is 14.2 Å². The normalized spacial score (nSPS) is 12.2. The molecule has 0 spiro atoms. The monoisotopic (exact) mass is 280 g/mol. The number of ether oxygens (including phenoxy) is 1. The molecule has 1 atom stereocenters. The van der Waals surface area contributed by atoms with Crippen molar-refractivity contribution in [2.75, 3.05) is 7.11 Å². The smallest absolute Gasteiger partial charge is 0.126 e. The minimum Gasteiger partial charge on any atom is -0.496 e. The Hall–Kier alpha value is -1.58. The van der Waals surface area contributed by atoms with Crippen molar-refractivity contribution in [3.63, 3.8) is 0 Å². The van der Waals surface area contributed by atoms with Crippen LogP contribution in [0.15, 0.2) is 42.5 Å². The molecule has 0 amide bonds. The second-order valence-electron chi connectivity index (χ2n) is 4.20. The highest BCUT2D eigenvalue weighted by Gasteiger charge is 2.16. The van der Waals surface area contributed by atoms with Crippen molar-refractivity contribution >= 4 is 11.6 Å². The highest BCUT2D eigenvalue weighted by molar-refractivity contribution is 6.30. The van der Waals surface area contributed by atoms with Crippen LogP contribution in [-0.2, 0) is 6.42 Å². The van der Waals surface area contributed by atoms with E-state index in [2.05, 4.69) is 0 Å². The molecule has 0 bridgehead atoms. The summed E-state index contributed by atoms with van der Waals surface area (Å²) in [5, 5.41) is 10.7. The molecule has 0 aliphatic carbocycles. The van der Waals surface area contributed by atoms with Crippen molar-refractivity contribution in [3.05, 3.63) is 64.4 Å². The van der Waals surface area contributed by atoms with Crippen molar-refractivity contribution in [1.82, 2.24) is 0 Å². The summed E-state index contributed by atoms with van der Waals surface area (Å²) in [6.07, 6.45) is -0.700. The van der Waals surface area contributed by atoms with Crippen LogP contribution in [-0.4, -0.2) is 12.2 Å². The minimum absolute atomic E-state index is 0.170. The first kappa shape index (κ1) is 13.8. The van der Waals surface area contributed by atoms with E-state index in [1.165, 1.54) is 13.2 Å². The number of rotatable bonds is 4. The van der Waals surface area contributed by atoms with Gasteiger partial charge in [0, 0.05) is 17.0 Å². The fraction of sp³-hybridized carbons (Fsp3) is 0.200. The molecule has 0 radical (unpaired) electrons. The second kappa shape index (κ2) is 6.04. The molecule has 2 aromatic carbocycles. The summed E-state index contributed by atoms with van der Waals surface area (Å²) >= 11 is 5.91. The Morgan fingerprint density at radius 3 is 2.68 bits per heavy atom. The third-order valence-corrected chi connectivity index (χ3v) is 3.16. The quantitative estimate of drug-likeness (QED) is 0.924. The summed E-state index contributed by atoms with van der Waals surface area (Å²) in [5.41, 5.74) is 1.01. The largest absolute Gasteiger partial charge is 0.496 e. The predicted molar refractivity (Wildman–Crippen MR) is 73.1 cm³/mol. The minimum atomic E-state index is -0.870. The maximum Gasteiger partial charge on any atom is 0.126 e. The summed E-state index contributed by atoms with van der Waals surface area (Å²) < 4.78 is 18.7. The molecule has 0 aliphatic heterocycles. The molecule has 0 aliphatic rings. The number of aliphatic hydroxyl groups excluding tert-OH is 1. The van der Waals surface area contributed by atoms with Crippen LogP contribution in [0.3, 0.4) is 0 Å². The van der Waals surface area contributed by atoms with Gasteiger partial charge in [-0.1, -0.05) is 29.8 Å². The number of aliphatic hydroxyl groups is 1. The lowest BCUT2D eigenvalue weighted by Gasteiger charge is -2.15. The van der Waals surface area contributed by atoms with E-state index in [4.69, 9.17) is 16.3 Å². The summed E-state index contributed by atoms with van der Waals surface area (Å²) in [6.45, 7) is 0. The lowest BCUT2D eigenvalue weighted by atomic mass is 10.0. The molecule has 100 valence electrons. The Morgan fingerprint density at radius 1 is 1.26 bits per heavy atom. The van der Waals surface area contributed by atoms with Crippen LogP contribution in [0.2, 0.25) is 5.02 Å². The number of benzene rings is 2. The van der Waals surface area contributed by atoms with Crippen molar-refractivity contribution in [1.29, 1.82) is 0 Å². The van der Waals surface area contributed by atoms with Crippen LogP contribution in [0.5, 0.6) is 5.75 Å². The van der Waals surface area contributed by atoms with Gasteiger partial charge in [0.15, 0.2) is 0 Å². The average Bonchev–Trinajstić information content (AvgIpc) is 2.41. The highest BCUT2D eigenvalue weighted by atomic mass is 35.5.